The van der Waals surface area contributed by atoms with Crippen molar-refractivity contribution in [2.24, 2.45) is 0 Å². The van der Waals surface area contributed by atoms with Crippen LogP contribution in [0, 0.1) is 6.92 Å². The van der Waals surface area contributed by atoms with Crippen molar-refractivity contribution >= 4 is 27.3 Å². The molecule has 2 unspecified atom stereocenters. The van der Waals surface area contributed by atoms with Crippen LogP contribution in [0.5, 0.6) is 5.75 Å². The lowest BCUT2D eigenvalue weighted by Gasteiger charge is -2.29. The predicted octanol–water partition coefficient (Wildman–Crippen LogP) is 4.38. The fraction of sp³-hybridized carbons (Fsp3) is 0.286. The highest BCUT2D eigenvalue weighted by atomic mass is 79.9. The molecule has 1 aliphatic heterocycles. The molecule has 1 aliphatic rings. The van der Waals surface area contributed by atoms with Crippen molar-refractivity contribution in [1.82, 2.24) is 0 Å². The molecule has 0 fully saturated rings. The van der Waals surface area contributed by atoms with Crippen LogP contribution in [-0.4, -0.2) is 5.11 Å². The summed E-state index contributed by atoms with van der Waals surface area (Å²) in [6.45, 7) is 2.08. The molecule has 2 aromatic rings. The second-order valence-electron chi connectivity index (χ2n) is 4.51. The first-order valence-corrected chi connectivity index (χ1v) is 7.50. The van der Waals surface area contributed by atoms with Gasteiger partial charge in [-0.15, -0.1) is 11.3 Å². The van der Waals surface area contributed by atoms with Crippen LogP contribution in [0.3, 0.4) is 0 Å². The number of benzene rings is 1. The van der Waals surface area contributed by atoms with Crippen molar-refractivity contribution in [2.45, 2.75) is 25.6 Å². The van der Waals surface area contributed by atoms with Crippen LogP contribution in [0.15, 0.2) is 34.1 Å². The molecule has 4 heteroatoms. The summed E-state index contributed by atoms with van der Waals surface area (Å²) in [5.74, 6) is 0.779. The molecular formula is C14H13BrO2S. The number of rotatable bonds is 1. The molecule has 2 atom stereocenters. The van der Waals surface area contributed by atoms with E-state index in [9.17, 15) is 5.11 Å². The van der Waals surface area contributed by atoms with Gasteiger partial charge in [0.15, 0.2) is 0 Å². The highest BCUT2D eigenvalue weighted by Crippen LogP contribution is 2.43. The summed E-state index contributed by atoms with van der Waals surface area (Å²) < 4.78 is 7.00. The van der Waals surface area contributed by atoms with E-state index in [4.69, 9.17) is 4.74 Å². The van der Waals surface area contributed by atoms with Gasteiger partial charge < -0.3 is 9.84 Å². The number of aliphatic hydroxyl groups excluding tert-OH is 1. The molecule has 3 rings (SSSR count). The van der Waals surface area contributed by atoms with Crippen LogP contribution >= 0.6 is 27.3 Å². The fourth-order valence-corrected chi connectivity index (χ4v) is 3.60. The van der Waals surface area contributed by atoms with E-state index in [1.807, 2.05) is 18.2 Å². The van der Waals surface area contributed by atoms with Crippen molar-refractivity contribution in [3.8, 4) is 5.75 Å². The third-order valence-corrected chi connectivity index (χ3v) is 4.84. The number of aliphatic hydroxyl groups is 1. The lowest BCUT2D eigenvalue weighted by atomic mass is 9.97. The van der Waals surface area contributed by atoms with Gasteiger partial charge in [-0.25, -0.2) is 0 Å². The summed E-state index contributed by atoms with van der Waals surface area (Å²) in [5.41, 5.74) is 2.11. The molecule has 1 aromatic carbocycles. The number of fused-ring (bicyclic) bond motifs is 1. The van der Waals surface area contributed by atoms with Gasteiger partial charge in [0.1, 0.15) is 11.9 Å². The Morgan fingerprint density at radius 1 is 1.39 bits per heavy atom. The normalized spacial score (nSPS) is 22.4. The number of halogens is 1. The molecule has 1 N–H and O–H groups in total. The maximum atomic E-state index is 10.2. The summed E-state index contributed by atoms with van der Waals surface area (Å²) in [7, 11) is 0. The molecule has 0 bridgehead atoms. The van der Waals surface area contributed by atoms with Gasteiger partial charge in [0, 0.05) is 21.3 Å². The Labute approximate surface area is 118 Å². The van der Waals surface area contributed by atoms with Crippen molar-refractivity contribution in [1.29, 1.82) is 0 Å². The van der Waals surface area contributed by atoms with Gasteiger partial charge in [-0.1, -0.05) is 22.0 Å². The Bertz CT molecular complexity index is 579. The summed E-state index contributed by atoms with van der Waals surface area (Å²) in [6.07, 6.45) is 0.130. The van der Waals surface area contributed by atoms with Crippen molar-refractivity contribution in [2.75, 3.05) is 0 Å². The van der Waals surface area contributed by atoms with Gasteiger partial charge in [-0.05, 0) is 36.1 Å². The van der Waals surface area contributed by atoms with Crippen LogP contribution in [0.4, 0.5) is 0 Å². The zero-order valence-electron chi connectivity index (χ0n) is 9.89. The summed E-state index contributed by atoms with van der Waals surface area (Å²) in [4.78, 5) is 1.21. The average Bonchev–Trinajstić information content (AvgIpc) is 2.74. The molecular weight excluding hydrogens is 312 g/mol. The van der Waals surface area contributed by atoms with Crippen molar-refractivity contribution in [3.63, 3.8) is 0 Å². The Balaban J connectivity index is 1.98. The standard InChI is InChI=1S/C14H13BrO2S/c1-8-4-5-18-14(8)13-7-11(16)10-3-2-9(15)6-12(10)17-13/h2-6,11,13,16H,7H2,1H3. The molecule has 0 saturated heterocycles. The maximum absolute atomic E-state index is 10.2. The smallest absolute Gasteiger partial charge is 0.136 e. The third kappa shape index (κ3) is 2.09. The van der Waals surface area contributed by atoms with E-state index < -0.39 is 6.10 Å². The van der Waals surface area contributed by atoms with E-state index in [1.165, 1.54) is 10.4 Å². The van der Waals surface area contributed by atoms with Gasteiger partial charge in [0.25, 0.3) is 0 Å². The largest absolute Gasteiger partial charge is 0.484 e. The van der Waals surface area contributed by atoms with E-state index in [2.05, 4.69) is 34.3 Å². The molecule has 2 heterocycles. The third-order valence-electron chi connectivity index (χ3n) is 3.24. The molecule has 18 heavy (non-hydrogen) atoms. The van der Waals surface area contributed by atoms with Crippen molar-refractivity contribution in [3.05, 3.63) is 50.1 Å². The minimum absolute atomic E-state index is 0.0400. The van der Waals surface area contributed by atoms with Gasteiger partial charge in [0.05, 0.1) is 6.10 Å². The molecule has 0 saturated carbocycles. The molecule has 94 valence electrons. The van der Waals surface area contributed by atoms with E-state index in [1.54, 1.807) is 11.3 Å². The van der Waals surface area contributed by atoms with Crippen LogP contribution in [0.2, 0.25) is 0 Å². The SMILES string of the molecule is Cc1ccsc1C1CC(O)c2ccc(Br)cc2O1. The van der Waals surface area contributed by atoms with E-state index in [0.717, 1.165) is 15.8 Å². The average molecular weight is 325 g/mol. The van der Waals surface area contributed by atoms with Gasteiger partial charge in [0.2, 0.25) is 0 Å². The molecule has 2 nitrogen and oxygen atoms in total. The second kappa shape index (κ2) is 4.68. The number of hydrogen-bond acceptors (Lipinski definition) is 3. The first-order chi connectivity index (χ1) is 8.65. The Kier molecular flexibility index (Phi) is 3.18. The maximum Gasteiger partial charge on any atom is 0.136 e. The quantitative estimate of drug-likeness (QED) is 0.843. The second-order valence-corrected chi connectivity index (χ2v) is 6.37. The molecule has 0 radical (unpaired) electrons. The topological polar surface area (TPSA) is 29.5 Å². The zero-order valence-corrected chi connectivity index (χ0v) is 12.3. The minimum Gasteiger partial charge on any atom is -0.484 e. The van der Waals surface area contributed by atoms with Crippen molar-refractivity contribution < 1.29 is 9.84 Å². The van der Waals surface area contributed by atoms with Crippen LogP contribution in [-0.2, 0) is 0 Å². The molecule has 0 spiro atoms. The Morgan fingerprint density at radius 3 is 2.94 bits per heavy atom. The van der Waals surface area contributed by atoms with E-state index >= 15 is 0 Å². The lowest BCUT2D eigenvalue weighted by molar-refractivity contribution is 0.0671. The van der Waals surface area contributed by atoms with Gasteiger partial charge >= 0.3 is 0 Å². The minimum atomic E-state index is -0.451. The number of hydrogen-bond donors (Lipinski definition) is 1. The number of ether oxygens (including phenoxy) is 1. The first kappa shape index (κ1) is 12.2. The summed E-state index contributed by atoms with van der Waals surface area (Å²) >= 11 is 5.12. The number of thiophene rings is 1. The molecule has 1 aromatic heterocycles. The molecule has 0 amide bonds. The fourth-order valence-electron chi connectivity index (χ4n) is 2.29. The molecule has 0 aliphatic carbocycles. The van der Waals surface area contributed by atoms with E-state index in [0.29, 0.717) is 6.42 Å². The monoisotopic (exact) mass is 324 g/mol. The highest BCUT2D eigenvalue weighted by Gasteiger charge is 2.29. The Morgan fingerprint density at radius 2 is 2.22 bits per heavy atom. The van der Waals surface area contributed by atoms with Gasteiger partial charge in [-0.2, -0.15) is 0 Å². The lowest BCUT2D eigenvalue weighted by Crippen LogP contribution is -2.18. The summed E-state index contributed by atoms with van der Waals surface area (Å²) in [6, 6.07) is 7.86. The summed E-state index contributed by atoms with van der Waals surface area (Å²) in [5, 5.41) is 12.3. The highest BCUT2D eigenvalue weighted by molar-refractivity contribution is 9.10. The van der Waals surface area contributed by atoms with Crippen LogP contribution < -0.4 is 4.74 Å². The zero-order chi connectivity index (χ0) is 12.7. The van der Waals surface area contributed by atoms with Crippen LogP contribution in [0.25, 0.3) is 0 Å². The number of aryl methyl sites for hydroxylation is 1. The Hall–Kier alpha value is -0.840. The predicted molar refractivity (Wildman–Crippen MR) is 76.1 cm³/mol. The van der Waals surface area contributed by atoms with Crippen LogP contribution in [0.1, 0.15) is 34.6 Å². The van der Waals surface area contributed by atoms with Gasteiger partial charge in [-0.3, -0.25) is 0 Å². The van der Waals surface area contributed by atoms with E-state index in [-0.39, 0.29) is 6.10 Å². The first-order valence-electron chi connectivity index (χ1n) is 5.83.